The maximum absolute atomic E-state index is 11.9. The van der Waals surface area contributed by atoms with Crippen LogP contribution in [0.2, 0.25) is 0 Å². The summed E-state index contributed by atoms with van der Waals surface area (Å²) in [4.78, 5) is 20.2. The minimum absolute atomic E-state index is 0. The lowest BCUT2D eigenvalue weighted by Crippen LogP contribution is -2.27. The fourth-order valence-electron chi connectivity index (χ4n) is 1.44. The third kappa shape index (κ3) is 4.63. The summed E-state index contributed by atoms with van der Waals surface area (Å²) in [5, 5.41) is 5.69. The summed E-state index contributed by atoms with van der Waals surface area (Å²) in [7, 11) is 0. The fourth-order valence-corrected chi connectivity index (χ4v) is 2.25. The summed E-state index contributed by atoms with van der Waals surface area (Å²) in [6, 6.07) is 3.13. The zero-order valence-corrected chi connectivity index (χ0v) is 13.4. The first-order valence-electron chi connectivity index (χ1n) is 5.50. The molecule has 1 amide bonds. The average Bonchev–Trinajstić information content (AvgIpc) is 2.76. The van der Waals surface area contributed by atoms with Crippen LogP contribution in [-0.2, 0) is 0 Å². The molecule has 0 saturated carbocycles. The van der Waals surface area contributed by atoms with E-state index in [4.69, 9.17) is 5.73 Å². The lowest BCUT2D eigenvalue weighted by molar-refractivity contribution is 0.0935. The van der Waals surface area contributed by atoms with Gasteiger partial charge in [-0.05, 0) is 26.0 Å². The zero-order valence-electron chi connectivity index (χ0n) is 11.0. The molecule has 0 radical (unpaired) electrons. The van der Waals surface area contributed by atoms with E-state index in [-0.39, 0.29) is 36.8 Å². The Labute approximate surface area is 133 Å². The molecule has 0 bridgehead atoms. The van der Waals surface area contributed by atoms with Crippen LogP contribution in [0.5, 0.6) is 0 Å². The van der Waals surface area contributed by atoms with E-state index < -0.39 is 0 Å². The van der Waals surface area contributed by atoms with Crippen molar-refractivity contribution in [2.24, 2.45) is 0 Å². The van der Waals surface area contributed by atoms with Crippen LogP contribution in [0.3, 0.4) is 0 Å². The lowest BCUT2D eigenvalue weighted by atomic mass is 10.3. The summed E-state index contributed by atoms with van der Waals surface area (Å²) in [5.41, 5.74) is 7.37. The molecule has 2 rings (SSSR count). The monoisotopic (exact) mass is 334 g/mol. The molecule has 0 spiro atoms. The first-order chi connectivity index (χ1) is 8.56. The van der Waals surface area contributed by atoms with Crippen molar-refractivity contribution in [3.05, 3.63) is 40.1 Å². The van der Waals surface area contributed by atoms with Gasteiger partial charge in [0.25, 0.3) is 5.91 Å². The van der Waals surface area contributed by atoms with Crippen LogP contribution >= 0.6 is 36.2 Å². The predicted octanol–water partition coefficient (Wildman–Crippen LogP) is 2.76. The first-order valence-corrected chi connectivity index (χ1v) is 6.38. The third-order valence-electron chi connectivity index (χ3n) is 2.37. The van der Waals surface area contributed by atoms with E-state index in [0.717, 1.165) is 10.7 Å². The van der Waals surface area contributed by atoms with Crippen LogP contribution in [0.15, 0.2) is 23.7 Å². The van der Waals surface area contributed by atoms with Gasteiger partial charge in [-0.1, -0.05) is 0 Å². The van der Waals surface area contributed by atoms with Crippen LogP contribution in [0.4, 0.5) is 5.69 Å². The van der Waals surface area contributed by atoms with Gasteiger partial charge >= 0.3 is 0 Å². The van der Waals surface area contributed by atoms with E-state index in [1.807, 2.05) is 19.2 Å². The van der Waals surface area contributed by atoms with E-state index in [1.165, 1.54) is 17.5 Å². The normalized spacial score (nSPS) is 10.9. The SMILES string of the molecule is Cc1csc(C(C)NC(=O)c2ccc(N)cn2)n1.Cl.Cl. The van der Waals surface area contributed by atoms with Crippen molar-refractivity contribution in [2.45, 2.75) is 19.9 Å². The number of carbonyl (C=O) groups is 1. The maximum atomic E-state index is 11.9. The molecule has 0 saturated heterocycles. The fraction of sp³-hybridized carbons (Fsp3) is 0.250. The van der Waals surface area contributed by atoms with Gasteiger partial charge in [-0.15, -0.1) is 36.2 Å². The molecule has 1 atom stereocenters. The van der Waals surface area contributed by atoms with Gasteiger partial charge in [0.1, 0.15) is 10.7 Å². The van der Waals surface area contributed by atoms with Crippen LogP contribution in [0.25, 0.3) is 0 Å². The molecule has 0 fully saturated rings. The molecule has 20 heavy (non-hydrogen) atoms. The van der Waals surface area contributed by atoms with Crippen LogP contribution < -0.4 is 11.1 Å². The summed E-state index contributed by atoms with van der Waals surface area (Å²) in [5.74, 6) is -0.227. The van der Waals surface area contributed by atoms with Gasteiger partial charge in [-0.3, -0.25) is 4.79 Å². The van der Waals surface area contributed by atoms with Crippen molar-refractivity contribution < 1.29 is 4.79 Å². The molecule has 8 heteroatoms. The summed E-state index contributed by atoms with van der Waals surface area (Å²) in [6.45, 7) is 3.82. The van der Waals surface area contributed by atoms with Crippen LogP contribution in [0.1, 0.15) is 34.2 Å². The van der Waals surface area contributed by atoms with Crippen molar-refractivity contribution in [3.8, 4) is 0 Å². The number of nitrogens with zero attached hydrogens (tertiary/aromatic N) is 2. The Hall–Kier alpha value is -1.37. The maximum Gasteiger partial charge on any atom is 0.270 e. The second-order valence-electron chi connectivity index (χ2n) is 4.00. The smallest absolute Gasteiger partial charge is 0.270 e. The number of hydrogen-bond donors (Lipinski definition) is 2. The highest BCUT2D eigenvalue weighted by molar-refractivity contribution is 7.09. The van der Waals surface area contributed by atoms with Gasteiger partial charge < -0.3 is 11.1 Å². The minimum atomic E-state index is -0.227. The Morgan fingerprint density at radius 3 is 2.60 bits per heavy atom. The second kappa shape index (κ2) is 8.04. The summed E-state index contributed by atoms with van der Waals surface area (Å²) < 4.78 is 0. The van der Waals surface area contributed by atoms with E-state index in [0.29, 0.717) is 11.4 Å². The standard InChI is InChI=1S/C12H14N4OS.2ClH/c1-7-6-18-12(15-7)8(2)16-11(17)10-4-3-9(13)5-14-10;;/h3-6,8H,13H2,1-2H3,(H,16,17);2*1H. The molecule has 0 aromatic carbocycles. The number of nitrogens with two attached hydrogens (primary N) is 1. The number of amides is 1. The number of rotatable bonds is 3. The third-order valence-corrected chi connectivity index (χ3v) is 3.52. The van der Waals surface area contributed by atoms with Crippen molar-refractivity contribution in [3.63, 3.8) is 0 Å². The number of halogens is 2. The molecule has 1 unspecified atom stereocenters. The predicted molar refractivity (Wildman–Crippen MR) is 85.9 cm³/mol. The van der Waals surface area contributed by atoms with Crippen molar-refractivity contribution in [2.75, 3.05) is 5.73 Å². The molecule has 0 aliphatic carbocycles. The number of anilines is 1. The van der Waals surface area contributed by atoms with Crippen molar-refractivity contribution >= 4 is 47.7 Å². The number of thiazole rings is 1. The first kappa shape index (κ1) is 18.6. The van der Waals surface area contributed by atoms with Gasteiger partial charge in [-0.25, -0.2) is 9.97 Å². The summed E-state index contributed by atoms with van der Waals surface area (Å²) >= 11 is 1.53. The molecule has 2 heterocycles. The van der Waals surface area contributed by atoms with E-state index in [9.17, 15) is 4.79 Å². The van der Waals surface area contributed by atoms with Crippen LogP contribution in [-0.4, -0.2) is 15.9 Å². The molecular weight excluding hydrogens is 319 g/mol. The minimum Gasteiger partial charge on any atom is -0.397 e. The Bertz CT molecular complexity index is 559. The van der Waals surface area contributed by atoms with E-state index in [1.54, 1.807) is 12.1 Å². The molecule has 2 aromatic rings. The quantitative estimate of drug-likeness (QED) is 0.904. The highest BCUT2D eigenvalue weighted by atomic mass is 35.5. The Kier molecular flexibility index (Phi) is 7.49. The Morgan fingerprint density at radius 2 is 2.10 bits per heavy atom. The highest BCUT2D eigenvalue weighted by Gasteiger charge is 2.14. The largest absolute Gasteiger partial charge is 0.397 e. The molecule has 0 aliphatic rings. The zero-order chi connectivity index (χ0) is 13.1. The van der Waals surface area contributed by atoms with Crippen molar-refractivity contribution in [1.29, 1.82) is 0 Å². The number of pyridine rings is 1. The number of nitrogen functional groups attached to an aromatic ring is 1. The molecular formula is C12H16Cl2N4OS. The number of aryl methyl sites for hydroxylation is 1. The topological polar surface area (TPSA) is 80.9 Å². The lowest BCUT2D eigenvalue weighted by Gasteiger charge is -2.10. The Balaban J connectivity index is 0.00000180. The van der Waals surface area contributed by atoms with Gasteiger partial charge in [0, 0.05) is 11.1 Å². The molecule has 110 valence electrons. The van der Waals surface area contributed by atoms with Crippen molar-refractivity contribution in [1.82, 2.24) is 15.3 Å². The number of hydrogen-bond acceptors (Lipinski definition) is 5. The molecule has 0 aliphatic heterocycles. The summed E-state index contributed by atoms with van der Waals surface area (Å²) in [6.07, 6.45) is 1.47. The second-order valence-corrected chi connectivity index (χ2v) is 4.89. The molecule has 3 N–H and O–H groups in total. The number of aromatic nitrogens is 2. The van der Waals surface area contributed by atoms with E-state index in [2.05, 4.69) is 15.3 Å². The number of nitrogens with one attached hydrogen (secondary N) is 1. The van der Waals surface area contributed by atoms with Gasteiger partial charge in [0.15, 0.2) is 0 Å². The van der Waals surface area contributed by atoms with Gasteiger partial charge in [0.2, 0.25) is 0 Å². The molecule has 2 aromatic heterocycles. The Morgan fingerprint density at radius 1 is 1.40 bits per heavy atom. The van der Waals surface area contributed by atoms with Gasteiger partial charge in [-0.2, -0.15) is 0 Å². The molecule has 5 nitrogen and oxygen atoms in total. The van der Waals surface area contributed by atoms with E-state index >= 15 is 0 Å². The number of carbonyl (C=O) groups excluding carboxylic acids is 1. The van der Waals surface area contributed by atoms with Gasteiger partial charge in [0.05, 0.1) is 17.9 Å². The van der Waals surface area contributed by atoms with Crippen LogP contribution in [0, 0.1) is 6.92 Å². The highest BCUT2D eigenvalue weighted by Crippen LogP contribution is 2.17. The average molecular weight is 335 g/mol.